The summed E-state index contributed by atoms with van der Waals surface area (Å²) < 4.78 is 0.946. The minimum absolute atomic E-state index is 0.0502. The highest BCUT2D eigenvalue weighted by molar-refractivity contribution is 9.10. The number of fused-ring (bicyclic) bond motifs is 1. The lowest BCUT2D eigenvalue weighted by Crippen LogP contribution is -2.33. The van der Waals surface area contributed by atoms with Gasteiger partial charge in [0.15, 0.2) is 0 Å². The summed E-state index contributed by atoms with van der Waals surface area (Å²) in [5, 5.41) is 9.65. The van der Waals surface area contributed by atoms with E-state index in [1.54, 1.807) is 6.07 Å². The van der Waals surface area contributed by atoms with Gasteiger partial charge in [-0.15, -0.1) is 0 Å². The van der Waals surface area contributed by atoms with Crippen molar-refractivity contribution < 1.29 is 14.7 Å². The first-order valence-electron chi connectivity index (χ1n) is 6.30. The van der Waals surface area contributed by atoms with Gasteiger partial charge in [0, 0.05) is 28.5 Å². The molecule has 0 aliphatic heterocycles. The van der Waals surface area contributed by atoms with Crippen molar-refractivity contribution in [3.8, 4) is 0 Å². The van der Waals surface area contributed by atoms with Crippen LogP contribution < -0.4 is 0 Å². The largest absolute Gasteiger partial charge is 0.481 e. The van der Waals surface area contributed by atoms with E-state index in [1.807, 2.05) is 25.1 Å². The van der Waals surface area contributed by atoms with Crippen LogP contribution in [0.1, 0.15) is 23.8 Å². The molecule has 0 atom stereocenters. The molecule has 0 bridgehead atoms. The summed E-state index contributed by atoms with van der Waals surface area (Å²) in [6.45, 7) is 2.52. The van der Waals surface area contributed by atoms with E-state index in [0.717, 1.165) is 15.4 Å². The van der Waals surface area contributed by atoms with Crippen LogP contribution in [0.2, 0.25) is 0 Å². The fourth-order valence-corrected chi connectivity index (χ4v) is 2.40. The summed E-state index contributed by atoms with van der Waals surface area (Å²) in [7, 11) is 0. The molecule has 20 heavy (non-hydrogen) atoms. The van der Waals surface area contributed by atoms with Gasteiger partial charge in [-0.1, -0.05) is 15.9 Å². The van der Waals surface area contributed by atoms with Gasteiger partial charge in [-0.05, 0) is 31.2 Å². The Morgan fingerprint density at radius 1 is 1.35 bits per heavy atom. The van der Waals surface area contributed by atoms with Gasteiger partial charge in [0.1, 0.15) is 5.69 Å². The Kier molecular flexibility index (Phi) is 4.44. The quantitative estimate of drug-likeness (QED) is 0.880. The Hall–Kier alpha value is -1.82. The number of carboxylic acid groups (broad SMARTS) is 1. The molecule has 6 heteroatoms. The minimum Gasteiger partial charge on any atom is -0.481 e. The third-order valence-corrected chi connectivity index (χ3v) is 3.57. The SMILES string of the molecule is CCN(CCC(=O)O)C(=O)c1cc2cc(Br)ccc2[nH]1. The number of hydrogen-bond acceptors (Lipinski definition) is 2. The number of aliphatic carboxylic acids is 1. The van der Waals surface area contributed by atoms with Gasteiger partial charge in [-0.2, -0.15) is 0 Å². The Morgan fingerprint density at radius 2 is 2.10 bits per heavy atom. The topological polar surface area (TPSA) is 73.4 Å². The average molecular weight is 339 g/mol. The first-order valence-corrected chi connectivity index (χ1v) is 7.10. The molecule has 106 valence electrons. The molecular weight excluding hydrogens is 324 g/mol. The molecule has 2 N–H and O–H groups in total. The molecule has 0 saturated carbocycles. The van der Waals surface area contributed by atoms with E-state index in [0.29, 0.717) is 12.2 Å². The maximum Gasteiger partial charge on any atom is 0.305 e. The van der Waals surface area contributed by atoms with Crippen molar-refractivity contribution in [2.45, 2.75) is 13.3 Å². The summed E-state index contributed by atoms with van der Waals surface area (Å²) >= 11 is 3.39. The molecule has 2 aromatic rings. The smallest absolute Gasteiger partial charge is 0.305 e. The number of carbonyl (C=O) groups excluding carboxylic acids is 1. The predicted molar refractivity (Wildman–Crippen MR) is 79.8 cm³/mol. The zero-order valence-electron chi connectivity index (χ0n) is 11.0. The van der Waals surface area contributed by atoms with E-state index in [4.69, 9.17) is 5.11 Å². The van der Waals surface area contributed by atoms with Crippen LogP contribution in [0, 0.1) is 0 Å². The fraction of sp³-hybridized carbons (Fsp3) is 0.286. The van der Waals surface area contributed by atoms with E-state index in [-0.39, 0.29) is 18.9 Å². The van der Waals surface area contributed by atoms with Crippen LogP contribution in [0.15, 0.2) is 28.7 Å². The van der Waals surface area contributed by atoms with E-state index in [2.05, 4.69) is 20.9 Å². The third kappa shape index (κ3) is 3.19. The molecule has 0 aliphatic rings. The lowest BCUT2D eigenvalue weighted by Gasteiger charge is -2.18. The minimum atomic E-state index is -0.906. The number of benzene rings is 1. The van der Waals surface area contributed by atoms with E-state index in [1.165, 1.54) is 4.90 Å². The van der Waals surface area contributed by atoms with Gasteiger partial charge in [0.25, 0.3) is 5.91 Å². The van der Waals surface area contributed by atoms with Crippen molar-refractivity contribution in [2.75, 3.05) is 13.1 Å². The standard InChI is InChI=1S/C14H15BrN2O3/c1-2-17(6-5-13(18)19)14(20)12-8-9-7-10(15)3-4-11(9)16-12/h3-4,7-8,16H,2,5-6H2,1H3,(H,18,19). The van der Waals surface area contributed by atoms with Gasteiger partial charge in [-0.3, -0.25) is 9.59 Å². The predicted octanol–water partition coefficient (Wildman–Crippen LogP) is 2.87. The van der Waals surface area contributed by atoms with Crippen molar-refractivity contribution in [1.29, 1.82) is 0 Å². The molecule has 0 aliphatic carbocycles. The molecular formula is C14H15BrN2O3. The zero-order valence-corrected chi connectivity index (χ0v) is 12.6. The van der Waals surface area contributed by atoms with Crippen LogP contribution in [0.4, 0.5) is 0 Å². The second-order valence-corrected chi connectivity index (χ2v) is 5.36. The number of carbonyl (C=O) groups is 2. The van der Waals surface area contributed by atoms with Gasteiger partial charge in [0.05, 0.1) is 6.42 Å². The molecule has 1 aromatic heterocycles. The van der Waals surface area contributed by atoms with E-state index >= 15 is 0 Å². The van der Waals surface area contributed by atoms with Crippen molar-refractivity contribution in [2.24, 2.45) is 0 Å². The second-order valence-electron chi connectivity index (χ2n) is 4.44. The van der Waals surface area contributed by atoms with Crippen LogP contribution in [-0.2, 0) is 4.79 Å². The Morgan fingerprint density at radius 3 is 2.75 bits per heavy atom. The maximum atomic E-state index is 12.3. The lowest BCUT2D eigenvalue weighted by atomic mass is 10.2. The summed E-state index contributed by atoms with van der Waals surface area (Å²) in [4.78, 5) is 27.5. The number of aromatic nitrogens is 1. The molecule has 0 radical (unpaired) electrons. The second kappa shape index (κ2) is 6.09. The van der Waals surface area contributed by atoms with Crippen LogP contribution in [0.25, 0.3) is 10.9 Å². The molecule has 1 aromatic carbocycles. The van der Waals surface area contributed by atoms with E-state index < -0.39 is 5.97 Å². The first-order chi connectivity index (χ1) is 9.51. The number of halogens is 1. The maximum absolute atomic E-state index is 12.3. The van der Waals surface area contributed by atoms with Crippen molar-refractivity contribution in [3.63, 3.8) is 0 Å². The number of hydrogen-bond donors (Lipinski definition) is 2. The average Bonchev–Trinajstić information content (AvgIpc) is 2.81. The number of carboxylic acids is 1. The Balaban J connectivity index is 2.22. The number of nitrogens with one attached hydrogen (secondary N) is 1. The number of H-pyrrole nitrogens is 1. The highest BCUT2D eigenvalue weighted by Gasteiger charge is 2.17. The molecule has 1 heterocycles. The first kappa shape index (κ1) is 14.6. The van der Waals surface area contributed by atoms with Crippen LogP contribution in [0.5, 0.6) is 0 Å². The summed E-state index contributed by atoms with van der Waals surface area (Å²) in [5.74, 6) is -1.09. The number of rotatable bonds is 5. The molecule has 1 amide bonds. The van der Waals surface area contributed by atoms with Gasteiger partial charge in [0.2, 0.25) is 0 Å². The van der Waals surface area contributed by atoms with Crippen molar-refractivity contribution in [3.05, 3.63) is 34.4 Å². The highest BCUT2D eigenvalue weighted by Crippen LogP contribution is 2.21. The fourth-order valence-electron chi connectivity index (χ4n) is 2.02. The van der Waals surface area contributed by atoms with Gasteiger partial charge in [-0.25, -0.2) is 0 Å². The monoisotopic (exact) mass is 338 g/mol. The molecule has 0 unspecified atom stereocenters. The van der Waals surface area contributed by atoms with Crippen LogP contribution in [0.3, 0.4) is 0 Å². The lowest BCUT2D eigenvalue weighted by molar-refractivity contribution is -0.137. The molecule has 0 spiro atoms. The summed E-state index contributed by atoms with van der Waals surface area (Å²) in [6.07, 6.45) is -0.0502. The zero-order chi connectivity index (χ0) is 14.7. The number of aromatic amines is 1. The van der Waals surface area contributed by atoms with Gasteiger partial charge < -0.3 is 15.0 Å². The molecule has 0 fully saturated rings. The van der Waals surface area contributed by atoms with Crippen molar-refractivity contribution >= 4 is 38.7 Å². The highest BCUT2D eigenvalue weighted by atomic mass is 79.9. The molecule has 0 saturated heterocycles. The van der Waals surface area contributed by atoms with Crippen LogP contribution >= 0.6 is 15.9 Å². The molecule has 2 rings (SSSR count). The summed E-state index contributed by atoms with van der Waals surface area (Å²) in [5.41, 5.74) is 1.36. The number of nitrogens with zero attached hydrogens (tertiary/aromatic N) is 1. The van der Waals surface area contributed by atoms with E-state index in [9.17, 15) is 9.59 Å². The van der Waals surface area contributed by atoms with Crippen LogP contribution in [-0.4, -0.2) is 40.0 Å². The normalized spacial score (nSPS) is 10.7. The van der Waals surface area contributed by atoms with Crippen molar-refractivity contribution in [1.82, 2.24) is 9.88 Å². The molecule has 5 nitrogen and oxygen atoms in total. The Labute approximate surface area is 124 Å². The number of amides is 1. The third-order valence-electron chi connectivity index (χ3n) is 3.08. The van der Waals surface area contributed by atoms with Gasteiger partial charge >= 0.3 is 5.97 Å². The summed E-state index contributed by atoms with van der Waals surface area (Å²) in [6, 6.07) is 7.50. The Bertz CT molecular complexity index is 651.